The molecule has 1 atom stereocenters. The van der Waals surface area contributed by atoms with Crippen LogP contribution in [0.25, 0.3) is 16.7 Å². The van der Waals surface area contributed by atoms with E-state index >= 15 is 0 Å². The first-order valence-electron chi connectivity index (χ1n) is 12.9. The second-order valence-electron chi connectivity index (χ2n) is 9.52. The molecule has 2 N–H and O–H groups in total. The van der Waals surface area contributed by atoms with Gasteiger partial charge in [-0.2, -0.15) is 0 Å². The van der Waals surface area contributed by atoms with Gasteiger partial charge in [-0.05, 0) is 74.6 Å². The zero-order valence-electron chi connectivity index (χ0n) is 21.1. The van der Waals surface area contributed by atoms with Gasteiger partial charge in [-0.1, -0.05) is 48.1 Å². The largest absolute Gasteiger partial charge is 0.338 e. The highest BCUT2D eigenvalue weighted by molar-refractivity contribution is 5.89. The number of benzene rings is 1. The number of nitrogens with zero attached hydrogens (tertiary/aromatic N) is 3. The number of alkyl halides is 2. The van der Waals surface area contributed by atoms with Crippen LogP contribution >= 0.6 is 0 Å². The first-order valence-corrected chi connectivity index (χ1v) is 12.9. The van der Waals surface area contributed by atoms with E-state index in [1.807, 2.05) is 25.1 Å². The number of aromatic nitrogens is 3. The van der Waals surface area contributed by atoms with Crippen molar-refractivity contribution < 1.29 is 13.6 Å². The van der Waals surface area contributed by atoms with E-state index in [2.05, 4.69) is 49.9 Å². The van der Waals surface area contributed by atoms with Gasteiger partial charge in [0.05, 0.1) is 11.9 Å². The smallest absolute Gasteiger partial charge is 0.320 e. The quantitative estimate of drug-likeness (QED) is 0.276. The van der Waals surface area contributed by atoms with Gasteiger partial charge in [0, 0.05) is 13.0 Å². The molecule has 0 bridgehead atoms. The fraction of sp³-hybridized carbons (Fsp3) is 0.379. The Kier molecular flexibility index (Phi) is 9.29. The summed E-state index contributed by atoms with van der Waals surface area (Å²) in [5.41, 5.74) is 5.15. The van der Waals surface area contributed by atoms with Gasteiger partial charge in [0.15, 0.2) is 5.65 Å². The Morgan fingerprint density at radius 2 is 1.92 bits per heavy atom. The molecule has 8 heteroatoms. The van der Waals surface area contributed by atoms with E-state index in [-0.39, 0.29) is 18.4 Å². The zero-order valence-corrected chi connectivity index (χ0v) is 21.1. The molecule has 0 spiro atoms. The predicted octanol–water partition coefficient (Wildman–Crippen LogP) is 6.95. The van der Waals surface area contributed by atoms with Gasteiger partial charge in [-0.3, -0.25) is 10.3 Å². The van der Waals surface area contributed by atoms with Crippen molar-refractivity contribution in [3.05, 3.63) is 77.6 Å². The number of halogens is 2. The Bertz CT molecular complexity index is 1260. The van der Waals surface area contributed by atoms with Crippen LogP contribution in [0.1, 0.15) is 56.7 Å². The van der Waals surface area contributed by atoms with Crippen LogP contribution in [-0.4, -0.2) is 34.0 Å². The Morgan fingerprint density at radius 3 is 2.73 bits per heavy atom. The third kappa shape index (κ3) is 8.17. The summed E-state index contributed by atoms with van der Waals surface area (Å²) in [6, 6.07) is 13.5. The lowest BCUT2D eigenvalue weighted by Gasteiger charge is -2.20. The fourth-order valence-corrected chi connectivity index (χ4v) is 4.55. The molecule has 1 unspecified atom stereocenters. The Hall–Kier alpha value is -3.68. The molecular weight excluding hydrogens is 472 g/mol. The van der Waals surface area contributed by atoms with Gasteiger partial charge in [-0.25, -0.2) is 23.5 Å². The summed E-state index contributed by atoms with van der Waals surface area (Å²) in [6.07, 6.45) is 8.47. The number of urea groups is 1. The number of hydrogen-bond donors (Lipinski definition) is 2. The minimum absolute atomic E-state index is 0.0703. The van der Waals surface area contributed by atoms with Crippen LogP contribution < -0.4 is 10.6 Å². The summed E-state index contributed by atoms with van der Waals surface area (Å²) >= 11 is 0. The lowest BCUT2D eigenvalue weighted by atomic mass is 9.87. The van der Waals surface area contributed by atoms with Crippen molar-refractivity contribution in [2.45, 2.75) is 58.3 Å². The molecular formula is C29H33F2N5O. The van der Waals surface area contributed by atoms with Crippen molar-refractivity contribution in [3.63, 3.8) is 0 Å². The van der Waals surface area contributed by atoms with Gasteiger partial charge in [-0.15, -0.1) is 0 Å². The number of anilines is 1. The number of carbonyl (C=O) groups is 1. The molecule has 6 nitrogen and oxygen atoms in total. The first-order chi connectivity index (χ1) is 18.0. The summed E-state index contributed by atoms with van der Waals surface area (Å²) in [5, 5.41) is 5.64. The number of carbonyl (C=O) groups excluding carboxylic acids is 1. The number of allylic oxidation sites excluding steroid dienone is 4. The number of unbranched alkanes of at least 4 members (excludes halogenated alkanes) is 1. The number of amides is 2. The van der Waals surface area contributed by atoms with Crippen molar-refractivity contribution >= 4 is 28.6 Å². The third-order valence-corrected chi connectivity index (χ3v) is 6.36. The maximum Gasteiger partial charge on any atom is 0.320 e. The van der Waals surface area contributed by atoms with Crippen LogP contribution in [0.3, 0.4) is 0 Å². The topological polar surface area (TPSA) is 79.8 Å². The summed E-state index contributed by atoms with van der Waals surface area (Å²) in [4.78, 5) is 26.0. The second kappa shape index (κ2) is 13.0. The summed E-state index contributed by atoms with van der Waals surface area (Å²) in [5.74, 6) is 0.601. The molecule has 37 heavy (non-hydrogen) atoms. The van der Waals surface area contributed by atoms with Crippen LogP contribution in [0.2, 0.25) is 0 Å². The molecule has 0 radical (unpaired) electrons. The maximum absolute atomic E-state index is 12.5. The highest BCUT2D eigenvalue weighted by atomic mass is 19.3. The SMILES string of the molecule is CC1=CC(c2cnc3ccc(NC(=O)NCCCCc4ccccc4)nc3n2)=CC(CCCC(F)F)C1. The number of fused-ring (bicyclic) bond motifs is 1. The van der Waals surface area contributed by atoms with Crippen LogP contribution in [-0.2, 0) is 6.42 Å². The van der Waals surface area contributed by atoms with Crippen molar-refractivity contribution in [1.82, 2.24) is 20.3 Å². The lowest BCUT2D eigenvalue weighted by Crippen LogP contribution is -2.29. The lowest BCUT2D eigenvalue weighted by molar-refractivity contribution is 0.132. The minimum Gasteiger partial charge on any atom is -0.338 e. The Labute approximate surface area is 216 Å². The molecule has 2 heterocycles. The molecule has 3 aromatic rings. The molecule has 2 amide bonds. The summed E-state index contributed by atoms with van der Waals surface area (Å²) in [6.45, 7) is 2.62. The molecule has 194 valence electrons. The van der Waals surface area contributed by atoms with Gasteiger partial charge in [0.1, 0.15) is 11.3 Å². The zero-order chi connectivity index (χ0) is 26.0. The van der Waals surface area contributed by atoms with Crippen molar-refractivity contribution in [3.8, 4) is 0 Å². The van der Waals surface area contributed by atoms with E-state index in [9.17, 15) is 13.6 Å². The molecule has 0 saturated heterocycles. The van der Waals surface area contributed by atoms with Crippen LogP contribution in [0, 0.1) is 5.92 Å². The Balaban J connectivity index is 1.33. The monoisotopic (exact) mass is 505 g/mol. The van der Waals surface area contributed by atoms with Crippen molar-refractivity contribution in [2.24, 2.45) is 5.92 Å². The molecule has 0 saturated carbocycles. The number of hydrogen-bond acceptors (Lipinski definition) is 4. The highest BCUT2D eigenvalue weighted by Crippen LogP contribution is 2.31. The number of aryl methyl sites for hydroxylation is 1. The standard InChI is InChI=1S/C29H33F2N5O/c1-20-16-22(11-7-12-26(30)31)18-23(17-20)25-19-33-24-13-14-27(35-28(24)34-25)36-29(37)32-15-6-5-10-21-8-3-2-4-9-21/h2-4,8-9,13-14,17-19,22,26H,5-7,10-12,15-16H2,1H3,(H2,32,34,35,36,37). The van der Waals surface area contributed by atoms with Gasteiger partial charge >= 0.3 is 6.03 Å². The van der Waals surface area contributed by atoms with Crippen LogP contribution in [0.5, 0.6) is 0 Å². The molecule has 1 aromatic carbocycles. The van der Waals surface area contributed by atoms with E-state index < -0.39 is 6.43 Å². The summed E-state index contributed by atoms with van der Waals surface area (Å²) in [7, 11) is 0. The average Bonchev–Trinajstić information content (AvgIpc) is 2.88. The average molecular weight is 506 g/mol. The Morgan fingerprint density at radius 1 is 1.08 bits per heavy atom. The highest BCUT2D eigenvalue weighted by Gasteiger charge is 2.17. The molecule has 2 aromatic heterocycles. The van der Waals surface area contributed by atoms with E-state index in [1.54, 1.807) is 18.3 Å². The van der Waals surface area contributed by atoms with Crippen molar-refractivity contribution in [1.29, 1.82) is 0 Å². The number of rotatable bonds is 11. The van der Waals surface area contributed by atoms with E-state index in [1.165, 1.54) is 11.1 Å². The second-order valence-corrected chi connectivity index (χ2v) is 9.52. The minimum atomic E-state index is -2.26. The normalized spacial score (nSPS) is 15.4. The predicted molar refractivity (Wildman–Crippen MR) is 143 cm³/mol. The van der Waals surface area contributed by atoms with Gasteiger partial charge < -0.3 is 5.32 Å². The number of nitrogens with one attached hydrogen (secondary N) is 2. The van der Waals surface area contributed by atoms with Gasteiger partial charge in [0.25, 0.3) is 0 Å². The first kappa shape index (κ1) is 26.4. The molecule has 0 fully saturated rings. The van der Waals surface area contributed by atoms with E-state index in [0.29, 0.717) is 42.1 Å². The van der Waals surface area contributed by atoms with E-state index in [0.717, 1.165) is 31.3 Å². The van der Waals surface area contributed by atoms with Crippen molar-refractivity contribution in [2.75, 3.05) is 11.9 Å². The molecule has 1 aliphatic rings. The van der Waals surface area contributed by atoms with Crippen LogP contribution in [0.4, 0.5) is 19.4 Å². The fourth-order valence-electron chi connectivity index (χ4n) is 4.55. The van der Waals surface area contributed by atoms with Crippen LogP contribution in [0.15, 0.2) is 66.4 Å². The summed E-state index contributed by atoms with van der Waals surface area (Å²) < 4.78 is 25.1. The van der Waals surface area contributed by atoms with Gasteiger partial charge in [0.2, 0.25) is 6.43 Å². The van der Waals surface area contributed by atoms with E-state index in [4.69, 9.17) is 0 Å². The molecule has 0 aliphatic heterocycles. The maximum atomic E-state index is 12.5. The molecule has 1 aliphatic carbocycles. The molecule has 4 rings (SSSR count). The number of pyridine rings is 1. The third-order valence-electron chi connectivity index (χ3n) is 6.36.